The second kappa shape index (κ2) is 9.39. The number of rotatable bonds is 7. The van der Waals surface area contributed by atoms with Crippen LogP contribution in [0.3, 0.4) is 0 Å². The van der Waals surface area contributed by atoms with Crippen molar-refractivity contribution in [3.63, 3.8) is 0 Å². The summed E-state index contributed by atoms with van der Waals surface area (Å²) in [6.07, 6.45) is -0.364. The van der Waals surface area contributed by atoms with E-state index in [0.717, 1.165) is 0 Å². The highest BCUT2D eigenvalue weighted by Crippen LogP contribution is 2.37. The van der Waals surface area contributed by atoms with Crippen LogP contribution in [0.15, 0.2) is 72.8 Å². The first kappa shape index (κ1) is 21.8. The number of fused-ring (bicyclic) bond motifs is 1. The number of nitrogens with one attached hydrogen (secondary N) is 1. The summed E-state index contributed by atoms with van der Waals surface area (Å²) in [5.74, 6) is 0.747. The van der Waals surface area contributed by atoms with Crippen LogP contribution < -0.4 is 19.7 Å². The highest BCUT2D eigenvalue weighted by Gasteiger charge is 2.35. The van der Waals surface area contributed by atoms with Crippen molar-refractivity contribution >= 4 is 28.9 Å². The standard InChI is InChI=1S/C24H21N3O6/c1-2-21-24(29)26(20-14-17(27(30)31)10-13-22(20)33-21)15-23(28)25-16-8-11-19(12-9-16)32-18-6-4-3-5-7-18/h3-14,21H,2,15H2,1H3,(H,25,28). The van der Waals surface area contributed by atoms with Crippen LogP contribution in [-0.4, -0.2) is 29.4 Å². The van der Waals surface area contributed by atoms with Gasteiger partial charge in [-0.15, -0.1) is 0 Å². The number of hydrogen-bond donors (Lipinski definition) is 1. The number of ether oxygens (including phenoxy) is 2. The number of nitro benzene ring substituents is 1. The lowest BCUT2D eigenvalue weighted by atomic mass is 10.1. The highest BCUT2D eigenvalue weighted by atomic mass is 16.6. The van der Waals surface area contributed by atoms with Crippen molar-refractivity contribution in [2.45, 2.75) is 19.4 Å². The summed E-state index contributed by atoms with van der Waals surface area (Å²) in [7, 11) is 0. The number of carbonyl (C=O) groups is 2. The Balaban J connectivity index is 1.48. The van der Waals surface area contributed by atoms with Gasteiger partial charge in [-0.2, -0.15) is 0 Å². The molecule has 1 heterocycles. The molecule has 0 saturated heterocycles. The van der Waals surface area contributed by atoms with E-state index in [4.69, 9.17) is 9.47 Å². The van der Waals surface area contributed by atoms with Crippen LogP contribution in [0.25, 0.3) is 0 Å². The van der Waals surface area contributed by atoms with Crippen LogP contribution in [0.2, 0.25) is 0 Å². The Labute approximate surface area is 189 Å². The van der Waals surface area contributed by atoms with E-state index in [1.54, 1.807) is 31.2 Å². The molecule has 9 heteroatoms. The zero-order valence-electron chi connectivity index (χ0n) is 17.8. The van der Waals surface area contributed by atoms with Crippen molar-refractivity contribution in [3.8, 4) is 17.2 Å². The van der Waals surface area contributed by atoms with Gasteiger partial charge in [-0.25, -0.2) is 0 Å². The molecule has 168 valence electrons. The van der Waals surface area contributed by atoms with Crippen molar-refractivity contribution in [1.82, 2.24) is 0 Å². The molecule has 1 atom stereocenters. The maximum Gasteiger partial charge on any atom is 0.271 e. The summed E-state index contributed by atoms with van der Waals surface area (Å²) in [6, 6.07) is 20.1. The van der Waals surface area contributed by atoms with Crippen molar-refractivity contribution in [3.05, 3.63) is 82.9 Å². The van der Waals surface area contributed by atoms with Crippen LogP contribution >= 0.6 is 0 Å². The number of carbonyl (C=O) groups excluding carboxylic acids is 2. The topological polar surface area (TPSA) is 111 Å². The van der Waals surface area contributed by atoms with Gasteiger partial charge in [0.15, 0.2) is 6.10 Å². The molecule has 0 saturated carbocycles. The lowest BCUT2D eigenvalue weighted by molar-refractivity contribution is -0.384. The molecular weight excluding hydrogens is 426 g/mol. The van der Waals surface area contributed by atoms with Gasteiger partial charge >= 0.3 is 0 Å². The molecule has 0 radical (unpaired) electrons. The molecule has 3 aromatic rings. The fourth-order valence-electron chi connectivity index (χ4n) is 3.42. The molecule has 4 rings (SSSR count). The lowest BCUT2D eigenvalue weighted by Gasteiger charge is -2.33. The van der Waals surface area contributed by atoms with Gasteiger partial charge in [0.25, 0.3) is 11.6 Å². The van der Waals surface area contributed by atoms with Crippen LogP contribution in [-0.2, 0) is 9.59 Å². The predicted octanol–water partition coefficient (Wildman–Crippen LogP) is 4.53. The summed E-state index contributed by atoms with van der Waals surface area (Å²) in [5, 5.41) is 13.9. The zero-order chi connectivity index (χ0) is 23.4. The second-order valence-corrected chi connectivity index (χ2v) is 7.34. The molecule has 0 spiro atoms. The third-order valence-corrected chi connectivity index (χ3v) is 5.04. The molecule has 0 fully saturated rings. The monoisotopic (exact) mass is 447 g/mol. The average molecular weight is 447 g/mol. The Morgan fingerprint density at radius 2 is 1.79 bits per heavy atom. The van der Waals surface area contributed by atoms with E-state index in [2.05, 4.69) is 5.32 Å². The summed E-state index contributed by atoms with van der Waals surface area (Å²) in [4.78, 5) is 37.4. The lowest BCUT2D eigenvalue weighted by Crippen LogP contribution is -2.48. The smallest absolute Gasteiger partial charge is 0.271 e. The van der Waals surface area contributed by atoms with E-state index in [1.807, 2.05) is 30.3 Å². The van der Waals surface area contributed by atoms with Gasteiger partial charge in [0.1, 0.15) is 23.8 Å². The Kier molecular flexibility index (Phi) is 6.21. The summed E-state index contributed by atoms with van der Waals surface area (Å²) in [5.41, 5.74) is 0.521. The molecule has 1 unspecified atom stereocenters. The van der Waals surface area contributed by atoms with Crippen LogP contribution in [0, 0.1) is 10.1 Å². The van der Waals surface area contributed by atoms with Gasteiger partial charge in [0.2, 0.25) is 5.91 Å². The molecule has 33 heavy (non-hydrogen) atoms. The van der Waals surface area contributed by atoms with Crippen LogP contribution in [0.1, 0.15) is 13.3 Å². The number of benzene rings is 3. The minimum Gasteiger partial charge on any atom is -0.478 e. The Morgan fingerprint density at radius 1 is 1.09 bits per heavy atom. The van der Waals surface area contributed by atoms with E-state index in [9.17, 15) is 19.7 Å². The summed E-state index contributed by atoms with van der Waals surface area (Å²) in [6.45, 7) is 1.48. The number of anilines is 2. The molecule has 0 bridgehead atoms. The molecule has 1 aliphatic rings. The first-order valence-corrected chi connectivity index (χ1v) is 10.3. The molecule has 9 nitrogen and oxygen atoms in total. The maximum atomic E-state index is 12.8. The first-order valence-electron chi connectivity index (χ1n) is 10.3. The molecule has 1 aliphatic heterocycles. The molecule has 0 aromatic heterocycles. The van der Waals surface area contributed by atoms with E-state index >= 15 is 0 Å². The predicted molar refractivity (Wildman–Crippen MR) is 122 cm³/mol. The number of para-hydroxylation sites is 1. The van der Waals surface area contributed by atoms with E-state index < -0.39 is 22.8 Å². The summed E-state index contributed by atoms with van der Waals surface area (Å²) < 4.78 is 11.4. The second-order valence-electron chi connectivity index (χ2n) is 7.34. The molecule has 1 N–H and O–H groups in total. The fraction of sp³-hybridized carbons (Fsp3) is 0.167. The van der Waals surface area contributed by atoms with E-state index in [0.29, 0.717) is 29.4 Å². The number of nitrogens with zero attached hydrogens (tertiary/aromatic N) is 2. The van der Waals surface area contributed by atoms with E-state index in [1.165, 1.54) is 23.1 Å². The van der Waals surface area contributed by atoms with Crippen molar-refractivity contribution < 1.29 is 24.0 Å². The quantitative estimate of drug-likeness (QED) is 0.421. The Morgan fingerprint density at radius 3 is 2.45 bits per heavy atom. The average Bonchev–Trinajstić information content (AvgIpc) is 2.82. The third-order valence-electron chi connectivity index (χ3n) is 5.04. The van der Waals surface area contributed by atoms with Gasteiger partial charge in [-0.3, -0.25) is 24.6 Å². The van der Waals surface area contributed by atoms with Crippen molar-refractivity contribution in [2.75, 3.05) is 16.8 Å². The van der Waals surface area contributed by atoms with E-state index in [-0.39, 0.29) is 17.9 Å². The SMILES string of the molecule is CCC1Oc2ccc([N+](=O)[O-])cc2N(CC(=O)Nc2ccc(Oc3ccccc3)cc2)C1=O. The van der Waals surface area contributed by atoms with Gasteiger partial charge in [0.05, 0.1) is 10.6 Å². The van der Waals surface area contributed by atoms with Crippen LogP contribution in [0.4, 0.5) is 17.1 Å². The number of nitro groups is 1. The van der Waals surface area contributed by atoms with Crippen molar-refractivity contribution in [2.24, 2.45) is 0 Å². The Hall–Kier alpha value is -4.40. The highest BCUT2D eigenvalue weighted by molar-refractivity contribution is 6.06. The minimum absolute atomic E-state index is 0.195. The maximum absolute atomic E-state index is 12.8. The number of non-ortho nitro benzene ring substituents is 1. The fourth-order valence-corrected chi connectivity index (χ4v) is 3.42. The molecule has 2 amide bonds. The number of amides is 2. The minimum atomic E-state index is -0.763. The first-order chi connectivity index (χ1) is 15.9. The molecule has 0 aliphatic carbocycles. The van der Waals surface area contributed by atoms with Crippen LogP contribution in [0.5, 0.6) is 17.2 Å². The van der Waals surface area contributed by atoms with Gasteiger partial charge < -0.3 is 14.8 Å². The largest absolute Gasteiger partial charge is 0.478 e. The molecule has 3 aromatic carbocycles. The van der Waals surface area contributed by atoms with Gasteiger partial charge in [-0.05, 0) is 48.9 Å². The summed E-state index contributed by atoms with van der Waals surface area (Å²) >= 11 is 0. The van der Waals surface area contributed by atoms with Gasteiger partial charge in [-0.1, -0.05) is 25.1 Å². The normalized spacial score (nSPS) is 14.8. The Bertz CT molecular complexity index is 1180. The molecular formula is C24H21N3O6. The van der Waals surface area contributed by atoms with Crippen molar-refractivity contribution in [1.29, 1.82) is 0 Å². The zero-order valence-corrected chi connectivity index (χ0v) is 17.8. The van der Waals surface area contributed by atoms with Gasteiger partial charge in [0, 0.05) is 17.8 Å². The third kappa shape index (κ3) is 4.93. The number of hydrogen-bond acceptors (Lipinski definition) is 6.